The lowest BCUT2D eigenvalue weighted by Gasteiger charge is -2.35. The zero-order valence-electron chi connectivity index (χ0n) is 13.3. The molecule has 0 radical (unpaired) electrons. The summed E-state index contributed by atoms with van der Waals surface area (Å²) in [5.41, 5.74) is 1.23. The first kappa shape index (κ1) is 16.5. The van der Waals surface area contributed by atoms with Crippen LogP contribution in [0.3, 0.4) is 0 Å². The smallest absolute Gasteiger partial charge is 0.307 e. The fourth-order valence-electron chi connectivity index (χ4n) is 3.54. The largest absolute Gasteiger partial charge is 0.469 e. The van der Waals surface area contributed by atoms with Gasteiger partial charge in [-0.05, 0) is 49.3 Å². The molecule has 0 spiro atoms. The number of rotatable bonds is 4. The van der Waals surface area contributed by atoms with Gasteiger partial charge in [0.1, 0.15) is 0 Å². The molecule has 2 aliphatic rings. The van der Waals surface area contributed by atoms with E-state index in [2.05, 4.69) is 28.1 Å². The van der Waals surface area contributed by atoms with Crippen LogP contribution in [0, 0.1) is 5.92 Å². The molecular weight excluding hydrogens is 358 g/mol. The monoisotopic (exact) mass is 379 g/mol. The first-order chi connectivity index (χ1) is 11.1. The van der Waals surface area contributed by atoms with Crippen molar-refractivity contribution in [2.45, 2.75) is 44.1 Å². The number of carbonyl (C=O) groups is 2. The van der Waals surface area contributed by atoms with Gasteiger partial charge in [0.25, 0.3) is 0 Å². The molecular formula is C18H22BrNO3. The number of hydrogen-bond acceptors (Lipinski definition) is 3. The number of methoxy groups -OCH3 is 1. The van der Waals surface area contributed by atoms with E-state index in [4.69, 9.17) is 4.74 Å². The average Bonchev–Trinajstić information content (AvgIpc) is 3.36. The van der Waals surface area contributed by atoms with Crippen molar-refractivity contribution >= 4 is 27.8 Å². The molecule has 124 valence electrons. The lowest BCUT2D eigenvalue weighted by atomic mass is 9.98. The topological polar surface area (TPSA) is 46.6 Å². The van der Waals surface area contributed by atoms with Gasteiger partial charge in [-0.15, -0.1) is 0 Å². The van der Waals surface area contributed by atoms with Crippen molar-refractivity contribution in [1.82, 2.24) is 4.90 Å². The van der Waals surface area contributed by atoms with E-state index in [-0.39, 0.29) is 23.8 Å². The summed E-state index contributed by atoms with van der Waals surface area (Å²) in [6.45, 7) is 0.768. The maximum Gasteiger partial charge on any atom is 0.307 e. The Bertz CT molecular complexity index is 586. The molecule has 3 atom stereocenters. The van der Waals surface area contributed by atoms with Crippen LogP contribution in [0.25, 0.3) is 0 Å². The molecule has 1 saturated carbocycles. The second-order valence-corrected chi connectivity index (χ2v) is 7.38. The summed E-state index contributed by atoms with van der Waals surface area (Å²) in [5, 5.41) is 0. The third-order valence-corrected chi connectivity index (χ3v) is 5.47. The second-order valence-electron chi connectivity index (χ2n) is 6.46. The quantitative estimate of drug-likeness (QED) is 0.752. The number of esters is 1. The Balaban J connectivity index is 1.64. The van der Waals surface area contributed by atoms with Crippen molar-refractivity contribution in [1.29, 1.82) is 0 Å². The predicted octanol–water partition coefficient (Wildman–Crippen LogP) is 3.50. The molecule has 1 aliphatic carbocycles. The lowest BCUT2D eigenvalue weighted by Crippen LogP contribution is -2.45. The van der Waals surface area contributed by atoms with Gasteiger partial charge in [-0.3, -0.25) is 9.59 Å². The molecule has 4 nitrogen and oxygen atoms in total. The van der Waals surface area contributed by atoms with Gasteiger partial charge in [0.2, 0.25) is 5.91 Å². The van der Waals surface area contributed by atoms with Crippen LogP contribution in [-0.2, 0) is 14.3 Å². The van der Waals surface area contributed by atoms with Crippen molar-refractivity contribution in [3.8, 4) is 0 Å². The molecule has 1 aromatic rings. The van der Waals surface area contributed by atoms with E-state index in [1.165, 1.54) is 12.7 Å². The highest BCUT2D eigenvalue weighted by Crippen LogP contribution is 2.49. The molecule has 1 aliphatic heterocycles. The molecule has 0 aromatic heterocycles. The molecule has 1 amide bonds. The number of hydrogen-bond donors (Lipinski definition) is 0. The molecule has 1 heterocycles. The number of amides is 1. The second kappa shape index (κ2) is 7.04. The van der Waals surface area contributed by atoms with Crippen molar-refractivity contribution in [3.63, 3.8) is 0 Å². The Morgan fingerprint density at radius 1 is 1.26 bits per heavy atom. The molecule has 3 rings (SSSR count). The number of ether oxygens (including phenoxy) is 1. The fourth-order valence-corrected chi connectivity index (χ4v) is 3.80. The van der Waals surface area contributed by atoms with Crippen LogP contribution in [0.5, 0.6) is 0 Å². The minimum Gasteiger partial charge on any atom is -0.469 e. The number of carbonyl (C=O) groups excluding carboxylic acids is 2. The Labute approximate surface area is 145 Å². The summed E-state index contributed by atoms with van der Waals surface area (Å²) in [7, 11) is 1.40. The minimum atomic E-state index is -0.227. The van der Waals surface area contributed by atoms with E-state index in [0.29, 0.717) is 12.3 Å². The highest BCUT2D eigenvalue weighted by Gasteiger charge is 2.47. The highest BCUT2D eigenvalue weighted by molar-refractivity contribution is 9.10. The molecule has 2 fully saturated rings. The number of nitrogens with zero attached hydrogens (tertiary/aromatic N) is 1. The Kier molecular flexibility index (Phi) is 5.05. The first-order valence-corrected chi connectivity index (χ1v) is 9.02. The summed E-state index contributed by atoms with van der Waals surface area (Å²) in [6.07, 6.45) is 4.24. The van der Waals surface area contributed by atoms with Crippen molar-refractivity contribution < 1.29 is 14.3 Å². The van der Waals surface area contributed by atoms with Gasteiger partial charge < -0.3 is 9.64 Å². The van der Waals surface area contributed by atoms with Gasteiger partial charge in [0.15, 0.2) is 0 Å². The van der Waals surface area contributed by atoms with E-state index in [9.17, 15) is 9.59 Å². The minimum absolute atomic E-state index is 0.00914. The van der Waals surface area contributed by atoms with Gasteiger partial charge in [-0.25, -0.2) is 0 Å². The summed E-state index contributed by atoms with van der Waals surface area (Å²) in [5.74, 6) is 0.396. The van der Waals surface area contributed by atoms with Crippen LogP contribution >= 0.6 is 15.9 Å². The van der Waals surface area contributed by atoms with E-state index in [1.54, 1.807) is 0 Å². The van der Waals surface area contributed by atoms with Gasteiger partial charge >= 0.3 is 5.97 Å². The molecule has 1 aromatic carbocycles. The van der Waals surface area contributed by atoms with E-state index in [1.807, 2.05) is 17.0 Å². The summed E-state index contributed by atoms with van der Waals surface area (Å²) in [4.78, 5) is 26.4. The first-order valence-electron chi connectivity index (χ1n) is 8.23. The number of benzene rings is 1. The van der Waals surface area contributed by atoms with Crippen LogP contribution in [0.1, 0.15) is 43.6 Å². The molecule has 0 bridgehead atoms. The van der Waals surface area contributed by atoms with Crippen LogP contribution in [0.4, 0.5) is 0 Å². The maximum atomic E-state index is 12.9. The van der Waals surface area contributed by atoms with Gasteiger partial charge in [0.05, 0.1) is 13.5 Å². The Hall–Kier alpha value is -1.36. The van der Waals surface area contributed by atoms with Gasteiger partial charge in [-0.2, -0.15) is 0 Å². The summed E-state index contributed by atoms with van der Waals surface area (Å²) in [6, 6.07) is 8.23. The zero-order chi connectivity index (χ0) is 16.4. The van der Waals surface area contributed by atoms with Crippen LogP contribution in [-0.4, -0.2) is 36.5 Å². The van der Waals surface area contributed by atoms with Gasteiger partial charge in [0, 0.05) is 23.0 Å². The molecule has 0 unspecified atom stereocenters. The fraction of sp³-hybridized carbons (Fsp3) is 0.556. The van der Waals surface area contributed by atoms with Crippen LogP contribution in [0.2, 0.25) is 0 Å². The van der Waals surface area contributed by atoms with Crippen molar-refractivity contribution in [2.24, 2.45) is 5.92 Å². The van der Waals surface area contributed by atoms with E-state index < -0.39 is 0 Å². The van der Waals surface area contributed by atoms with Crippen LogP contribution in [0.15, 0.2) is 28.7 Å². The van der Waals surface area contributed by atoms with E-state index >= 15 is 0 Å². The zero-order valence-corrected chi connectivity index (χ0v) is 14.9. The van der Waals surface area contributed by atoms with Crippen LogP contribution < -0.4 is 0 Å². The maximum absolute atomic E-state index is 12.9. The molecule has 0 N–H and O–H groups in total. The van der Waals surface area contributed by atoms with Gasteiger partial charge in [-0.1, -0.05) is 28.1 Å². The number of piperidine rings is 1. The molecule has 5 heteroatoms. The average molecular weight is 380 g/mol. The SMILES string of the molecule is COC(=O)C[C@@H]1CCCCN1C(=O)[C@H]1C[C@@H]1c1ccc(Br)cc1. The number of likely N-dealkylation sites (tertiary alicyclic amines) is 1. The lowest BCUT2D eigenvalue weighted by molar-refractivity contribution is -0.145. The Morgan fingerprint density at radius 2 is 2.00 bits per heavy atom. The highest BCUT2D eigenvalue weighted by atomic mass is 79.9. The predicted molar refractivity (Wildman–Crippen MR) is 91.0 cm³/mol. The van der Waals surface area contributed by atoms with Crippen molar-refractivity contribution in [2.75, 3.05) is 13.7 Å². The number of halogens is 1. The normalized spacial score (nSPS) is 26.7. The summed E-state index contributed by atoms with van der Waals surface area (Å²) < 4.78 is 5.83. The Morgan fingerprint density at radius 3 is 2.70 bits per heavy atom. The third-order valence-electron chi connectivity index (χ3n) is 4.95. The van der Waals surface area contributed by atoms with Crippen molar-refractivity contribution in [3.05, 3.63) is 34.3 Å². The third kappa shape index (κ3) is 3.77. The molecule has 1 saturated heterocycles. The van der Waals surface area contributed by atoms with E-state index in [0.717, 1.165) is 36.7 Å². The standard InChI is InChI=1S/C18H22BrNO3/c1-23-17(21)10-14-4-2-3-9-20(14)18(22)16-11-15(16)12-5-7-13(19)8-6-12/h5-8,14-16H,2-4,9-11H2,1H3/t14-,15+,16-/m0/s1. The summed E-state index contributed by atoms with van der Waals surface area (Å²) >= 11 is 3.44. The molecule has 23 heavy (non-hydrogen) atoms.